The maximum absolute atomic E-state index is 12.8. The second-order valence-electron chi connectivity index (χ2n) is 6.84. The summed E-state index contributed by atoms with van der Waals surface area (Å²) < 4.78 is 5.62. The van der Waals surface area contributed by atoms with Crippen molar-refractivity contribution >= 4 is 11.9 Å². The van der Waals surface area contributed by atoms with E-state index in [1.54, 1.807) is 0 Å². The first-order valence-electron chi connectivity index (χ1n) is 9.13. The number of urea groups is 1. The van der Waals surface area contributed by atoms with E-state index in [1.807, 2.05) is 47.1 Å². The van der Waals surface area contributed by atoms with Crippen molar-refractivity contribution in [3.8, 4) is 0 Å². The molecule has 0 radical (unpaired) electrons. The van der Waals surface area contributed by atoms with Crippen LogP contribution in [0.1, 0.15) is 37.8 Å². The highest BCUT2D eigenvalue weighted by atomic mass is 16.5. The van der Waals surface area contributed by atoms with Crippen LogP contribution in [0.15, 0.2) is 30.3 Å². The third-order valence-electron chi connectivity index (χ3n) is 4.81. The highest BCUT2D eigenvalue weighted by molar-refractivity contribution is 5.78. The van der Waals surface area contributed by atoms with Gasteiger partial charge in [0.1, 0.15) is 0 Å². The molecule has 6 heteroatoms. The number of carbonyl (C=O) groups is 2. The summed E-state index contributed by atoms with van der Waals surface area (Å²) in [6.07, 6.45) is 2.40. The van der Waals surface area contributed by atoms with Gasteiger partial charge in [-0.2, -0.15) is 0 Å². The van der Waals surface area contributed by atoms with Gasteiger partial charge in [0.05, 0.1) is 12.1 Å². The Hall–Kier alpha value is -2.08. The summed E-state index contributed by atoms with van der Waals surface area (Å²) in [5, 5.41) is 3.14. The number of benzene rings is 1. The average Bonchev–Trinajstić information content (AvgIpc) is 2.89. The van der Waals surface area contributed by atoms with Gasteiger partial charge in [-0.15, -0.1) is 0 Å². The van der Waals surface area contributed by atoms with Crippen LogP contribution in [0.3, 0.4) is 0 Å². The lowest BCUT2D eigenvalue weighted by molar-refractivity contribution is -0.128. The van der Waals surface area contributed by atoms with Gasteiger partial charge in [0.25, 0.3) is 0 Å². The predicted molar refractivity (Wildman–Crippen MR) is 95.1 cm³/mol. The number of amides is 3. The van der Waals surface area contributed by atoms with E-state index in [9.17, 15) is 9.59 Å². The molecule has 0 spiro atoms. The summed E-state index contributed by atoms with van der Waals surface area (Å²) in [6.45, 7) is 5.26. The van der Waals surface area contributed by atoms with Crippen LogP contribution in [0.4, 0.5) is 4.79 Å². The lowest BCUT2D eigenvalue weighted by atomic mass is 10.1. The van der Waals surface area contributed by atoms with Crippen molar-refractivity contribution in [3.05, 3.63) is 35.9 Å². The van der Waals surface area contributed by atoms with Crippen LogP contribution in [0, 0.1) is 0 Å². The van der Waals surface area contributed by atoms with Gasteiger partial charge in [0, 0.05) is 39.2 Å². The monoisotopic (exact) mass is 345 g/mol. The maximum Gasteiger partial charge on any atom is 0.318 e. The Labute approximate surface area is 149 Å². The zero-order valence-electron chi connectivity index (χ0n) is 14.8. The predicted octanol–water partition coefficient (Wildman–Crippen LogP) is 2.17. The molecular formula is C19H27N3O3. The van der Waals surface area contributed by atoms with Gasteiger partial charge < -0.3 is 19.9 Å². The van der Waals surface area contributed by atoms with E-state index in [0.29, 0.717) is 32.7 Å². The number of ether oxygens (including phenoxy) is 1. The molecule has 3 rings (SSSR count). The molecule has 1 aromatic rings. The second-order valence-corrected chi connectivity index (χ2v) is 6.84. The first-order chi connectivity index (χ1) is 12.1. The van der Waals surface area contributed by atoms with Gasteiger partial charge >= 0.3 is 6.03 Å². The van der Waals surface area contributed by atoms with E-state index >= 15 is 0 Å². The Morgan fingerprint density at radius 1 is 1.28 bits per heavy atom. The molecule has 25 heavy (non-hydrogen) atoms. The molecule has 0 aliphatic carbocycles. The minimum absolute atomic E-state index is 0.0450. The van der Waals surface area contributed by atoms with E-state index in [4.69, 9.17) is 4.74 Å². The summed E-state index contributed by atoms with van der Waals surface area (Å²) in [4.78, 5) is 28.5. The average molecular weight is 345 g/mol. The lowest BCUT2D eigenvalue weighted by Crippen LogP contribution is -2.46. The van der Waals surface area contributed by atoms with Crippen molar-refractivity contribution in [3.63, 3.8) is 0 Å². The summed E-state index contributed by atoms with van der Waals surface area (Å²) in [5.41, 5.74) is 1.02. The fraction of sp³-hybridized carbons (Fsp3) is 0.579. The topological polar surface area (TPSA) is 61.9 Å². The number of carbonyl (C=O) groups excluding carboxylic acids is 2. The third-order valence-corrected chi connectivity index (χ3v) is 4.81. The van der Waals surface area contributed by atoms with E-state index in [-0.39, 0.29) is 24.1 Å². The van der Waals surface area contributed by atoms with Crippen LogP contribution in [0.5, 0.6) is 0 Å². The summed E-state index contributed by atoms with van der Waals surface area (Å²) >= 11 is 0. The molecule has 0 aromatic heterocycles. The first kappa shape index (κ1) is 17.7. The smallest absolute Gasteiger partial charge is 0.318 e. The van der Waals surface area contributed by atoms with Crippen molar-refractivity contribution < 1.29 is 14.3 Å². The van der Waals surface area contributed by atoms with Crippen molar-refractivity contribution in [2.45, 2.75) is 38.3 Å². The first-order valence-corrected chi connectivity index (χ1v) is 9.13. The molecule has 0 saturated carbocycles. The number of hydrogen-bond acceptors (Lipinski definition) is 3. The van der Waals surface area contributed by atoms with Crippen LogP contribution in [-0.2, 0) is 9.53 Å². The Balaban J connectivity index is 1.70. The van der Waals surface area contributed by atoms with Gasteiger partial charge in [-0.1, -0.05) is 30.3 Å². The van der Waals surface area contributed by atoms with Crippen LogP contribution in [0.2, 0.25) is 0 Å². The third kappa shape index (κ3) is 4.72. The lowest BCUT2D eigenvalue weighted by Gasteiger charge is -2.29. The highest BCUT2D eigenvalue weighted by Gasteiger charge is 2.27. The molecule has 2 aliphatic rings. The molecule has 2 atom stereocenters. The van der Waals surface area contributed by atoms with E-state index < -0.39 is 0 Å². The number of nitrogens with zero attached hydrogens (tertiary/aromatic N) is 2. The van der Waals surface area contributed by atoms with Gasteiger partial charge in [0.15, 0.2) is 0 Å². The summed E-state index contributed by atoms with van der Waals surface area (Å²) in [7, 11) is 0. The van der Waals surface area contributed by atoms with E-state index in [2.05, 4.69) is 5.32 Å². The molecule has 136 valence electrons. The molecule has 0 unspecified atom stereocenters. The van der Waals surface area contributed by atoms with Crippen LogP contribution in [-0.4, -0.2) is 60.6 Å². The maximum atomic E-state index is 12.8. The summed E-state index contributed by atoms with van der Waals surface area (Å²) in [5.74, 6) is 0.173. The minimum Gasteiger partial charge on any atom is -0.377 e. The molecule has 0 bridgehead atoms. The molecule has 1 N–H and O–H groups in total. The Kier molecular flexibility index (Phi) is 5.91. The van der Waals surface area contributed by atoms with Gasteiger partial charge in [-0.25, -0.2) is 4.79 Å². The molecular weight excluding hydrogens is 318 g/mol. The quantitative estimate of drug-likeness (QED) is 0.910. The van der Waals surface area contributed by atoms with E-state index in [0.717, 1.165) is 24.9 Å². The molecule has 6 nitrogen and oxygen atoms in total. The normalized spacial score (nSPS) is 22.6. The van der Waals surface area contributed by atoms with Crippen molar-refractivity contribution in [1.82, 2.24) is 15.1 Å². The van der Waals surface area contributed by atoms with Crippen LogP contribution < -0.4 is 5.32 Å². The SMILES string of the molecule is C[C@@H]1CN(C(=O)N[C@H](CN2CCCC2=O)c2ccccc2)CCCO1. The molecule has 2 fully saturated rings. The van der Waals surface area contributed by atoms with Crippen molar-refractivity contribution in [2.24, 2.45) is 0 Å². The second kappa shape index (κ2) is 8.34. The van der Waals surface area contributed by atoms with Gasteiger partial charge in [0.2, 0.25) is 5.91 Å². The number of likely N-dealkylation sites (tertiary alicyclic amines) is 1. The van der Waals surface area contributed by atoms with Gasteiger partial charge in [-0.05, 0) is 25.3 Å². The number of rotatable bonds is 4. The fourth-order valence-electron chi connectivity index (χ4n) is 3.46. The molecule has 1 aromatic carbocycles. The molecule has 2 aliphatic heterocycles. The zero-order valence-corrected chi connectivity index (χ0v) is 14.8. The van der Waals surface area contributed by atoms with Crippen LogP contribution in [0.25, 0.3) is 0 Å². The Morgan fingerprint density at radius 3 is 2.80 bits per heavy atom. The number of hydrogen-bond donors (Lipinski definition) is 1. The van der Waals surface area contributed by atoms with Crippen molar-refractivity contribution in [1.29, 1.82) is 0 Å². The zero-order chi connectivity index (χ0) is 17.6. The Morgan fingerprint density at radius 2 is 2.08 bits per heavy atom. The summed E-state index contributed by atoms with van der Waals surface area (Å²) in [6, 6.07) is 9.59. The largest absolute Gasteiger partial charge is 0.377 e. The molecule has 2 heterocycles. The van der Waals surface area contributed by atoms with E-state index in [1.165, 1.54) is 0 Å². The van der Waals surface area contributed by atoms with Crippen LogP contribution >= 0.6 is 0 Å². The fourth-order valence-corrected chi connectivity index (χ4v) is 3.46. The number of nitrogens with one attached hydrogen (secondary N) is 1. The highest BCUT2D eigenvalue weighted by Crippen LogP contribution is 2.19. The molecule has 2 saturated heterocycles. The van der Waals surface area contributed by atoms with Crippen molar-refractivity contribution in [2.75, 3.05) is 32.8 Å². The Bertz CT molecular complexity index is 593. The molecule has 3 amide bonds. The van der Waals surface area contributed by atoms with Gasteiger partial charge in [-0.3, -0.25) is 4.79 Å². The minimum atomic E-state index is -0.199. The standard InChI is InChI=1S/C19H27N3O3/c1-15-13-22(11-6-12-25-15)19(24)20-17(16-7-3-2-4-8-16)14-21-10-5-9-18(21)23/h2-4,7-8,15,17H,5-6,9-14H2,1H3,(H,20,24)/t15-,17-/m1/s1.